The maximum Gasteiger partial charge on any atom is 0.133 e. The normalized spacial score (nSPS) is 17.8. The van der Waals surface area contributed by atoms with E-state index in [-0.39, 0.29) is 5.75 Å². The molecule has 2 aromatic rings. The molecule has 20 heavy (non-hydrogen) atoms. The third-order valence-corrected chi connectivity index (χ3v) is 4.71. The molecule has 0 saturated carbocycles. The van der Waals surface area contributed by atoms with E-state index in [4.69, 9.17) is 11.6 Å². The summed E-state index contributed by atoms with van der Waals surface area (Å²) in [7, 11) is 0. The molecule has 2 N–H and O–H groups in total. The zero-order valence-corrected chi connectivity index (χ0v) is 12.4. The van der Waals surface area contributed by atoms with E-state index in [1.54, 1.807) is 6.07 Å². The molecule has 2 heterocycles. The first-order valence-corrected chi connectivity index (χ1v) is 7.88. The highest BCUT2D eigenvalue weighted by Gasteiger charge is 2.20. The number of nitrogens with zero attached hydrogens (tertiary/aromatic N) is 1. The lowest BCUT2D eigenvalue weighted by Crippen LogP contribution is -2.24. The summed E-state index contributed by atoms with van der Waals surface area (Å²) in [5, 5.41) is 13.5. The first-order valence-electron chi connectivity index (χ1n) is 6.52. The Morgan fingerprint density at radius 3 is 3.05 bits per heavy atom. The Kier molecular flexibility index (Phi) is 4.15. The quantitative estimate of drug-likeness (QED) is 0.906. The third kappa shape index (κ3) is 3.08. The van der Waals surface area contributed by atoms with Crippen molar-refractivity contribution in [3.63, 3.8) is 0 Å². The van der Waals surface area contributed by atoms with Gasteiger partial charge in [0.25, 0.3) is 0 Å². The van der Waals surface area contributed by atoms with Crippen LogP contribution >= 0.6 is 23.4 Å². The van der Waals surface area contributed by atoms with Crippen molar-refractivity contribution in [3.8, 4) is 5.75 Å². The van der Waals surface area contributed by atoms with E-state index in [9.17, 15) is 5.11 Å². The van der Waals surface area contributed by atoms with E-state index in [1.807, 2.05) is 30.0 Å². The molecule has 3 nitrogen and oxygen atoms in total. The molecule has 0 amide bonds. The van der Waals surface area contributed by atoms with E-state index in [1.165, 1.54) is 16.7 Å². The van der Waals surface area contributed by atoms with E-state index in [2.05, 4.69) is 16.4 Å². The number of nitrogens with one attached hydrogen (secondary N) is 1. The summed E-state index contributed by atoms with van der Waals surface area (Å²) < 4.78 is 0. The standard InChI is InChI=1S/C15H15ClN2OS/c16-10-1-4-15-13(7-10)14(5-6-20-15)18-8-11-2-3-12(19)9-17-11/h1-4,7,9,14,18-19H,5-6,8H2. The van der Waals surface area contributed by atoms with Crippen LogP contribution in [0.15, 0.2) is 41.4 Å². The molecule has 0 aliphatic carbocycles. The first kappa shape index (κ1) is 13.7. The minimum atomic E-state index is 0.194. The average Bonchev–Trinajstić information content (AvgIpc) is 2.47. The van der Waals surface area contributed by atoms with Crippen LogP contribution in [-0.2, 0) is 6.54 Å². The van der Waals surface area contributed by atoms with Crippen LogP contribution < -0.4 is 5.32 Å². The molecular weight excluding hydrogens is 292 g/mol. The van der Waals surface area contributed by atoms with Crippen LogP contribution in [0.5, 0.6) is 5.75 Å². The van der Waals surface area contributed by atoms with Crippen LogP contribution in [0.2, 0.25) is 5.02 Å². The lowest BCUT2D eigenvalue weighted by molar-refractivity contribution is 0.470. The fraction of sp³-hybridized carbons (Fsp3) is 0.267. The fourth-order valence-corrected chi connectivity index (χ4v) is 3.61. The van der Waals surface area contributed by atoms with Crippen LogP contribution in [0.25, 0.3) is 0 Å². The van der Waals surface area contributed by atoms with Crippen LogP contribution in [0.1, 0.15) is 23.7 Å². The van der Waals surface area contributed by atoms with E-state index >= 15 is 0 Å². The summed E-state index contributed by atoms with van der Waals surface area (Å²) in [6.07, 6.45) is 2.55. The molecule has 1 unspecified atom stereocenters. The number of benzene rings is 1. The Morgan fingerprint density at radius 2 is 2.25 bits per heavy atom. The van der Waals surface area contributed by atoms with E-state index < -0.39 is 0 Å². The molecule has 1 aliphatic heterocycles. The van der Waals surface area contributed by atoms with Crippen LogP contribution in [0.4, 0.5) is 0 Å². The maximum atomic E-state index is 9.23. The molecule has 0 radical (unpaired) electrons. The number of hydrogen-bond acceptors (Lipinski definition) is 4. The second-order valence-electron chi connectivity index (χ2n) is 4.76. The van der Waals surface area contributed by atoms with Crippen molar-refractivity contribution in [1.29, 1.82) is 0 Å². The van der Waals surface area contributed by atoms with Gasteiger partial charge in [0.15, 0.2) is 0 Å². The number of pyridine rings is 1. The summed E-state index contributed by atoms with van der Waals surface area (Å²) >= 11 is 7.98. The monoisotopic (exact) mass is 306 g/mol. The zero-order valence-electron chi connectivity index (χ0n) is 10.8. The molecule has 104 valence electrons. The molecule has 0 bridgehead atoms. The smallest absolute Gasteiger partial charge is 0.133 e. The lowest BCUT2D eigenvalue weighted by atomic mass is 10.0. The lowest BCUT2D eigenvalue weighted by Gasteiger charge is -2.26. The van der Waals surface area contributed by atoms with Gasteiger partial charge in [-0.15, -0.1) is 11.8 Å². The number of aromatic nitrogens is 1. The van der Waals surface area contributed by atoms with Gasteiger partial charge in [-0.2, -0.15) is 0 Å². The third-order valence-electron chi connectivity index (χ3n) is 3.35. The molecule has 0 spiro atoms. The number of aromatic hydroxyl groups is 1. The molecule has 5 heteroatoms. The highest BCUT2D eigenvalue weighted by Crippen LogP contribution is 2.37. The van der Waals surface area contributed by atoms with Gasteiger partial charge in [0.1, 0.15) is 5.75 Å². The predicted octanol–water partition coefficient (Wildman–Crippen LogP) is 3.77. The molecular formula is C15H15ClN2OS. The largest absolute Gasteiger partial charge is 0.506 e. The summed E-state index contributed by atoms with van der Waals surface area (Å²) in [6.45, 7) is 0.682. The van der Waals surface area contributed by atoms with Crippen LogP contribution in [0.3, 0.4) is 0 Å². The highest BCUT2D eigenvalue weighted by molar-refractivity contribution is 7.99. The predicted molar refractivity (Wildman–Crippen MR) is 82.3 cm³/mol. The Bertz CT molecular complexity index is 603. The van der Waals surface area contributed by atoms with Crippen LogP contribution in [-0.4, -0.2) is 15.8 Å². The molecule has 1 aromatic heterocycles. The van der Waals surface area contributed by atoms with Gasteiger partial charge < -0.3 is 10.4 Å². The van der Waals surface area contributed by atoms with Crippen molar-refractivity contribution < 1.29 is 5.11 Å². The summed E-state index contributed by atoms with van der Waals surface area (Å²) in [5.74, 6) is 1.30. The SMILES string of the molecule is Oc1ccc(CNC2CCSc3ccc(Cl)cc32)nc1. The van der Waals surface area contributed by atoms with Crippen molar-refractivity contribution in [2.24, 2.45) is 0 Å². The van der Waals surface area contributed by atoms with Gasteiger partial charge in [0.2, 0.25) is 0 Å². The Morgan fingerprint density at radius 1 is 1.35 bits per heavy atom. The van der Waals surface area contributed by atoms with Crippen molar-refractivity contribution in [2.75, 3.05) is 5.75 Å². The second-order valence-corrected chi connectivity index (χ2v) is 6.33. The number of rotatable bonds is 3. The van der Waals surface area contributed by atoms with E-state index in [0.29, 0.717) is 12.6 Å². The molecule has 1 aliphatic rings. The Labute approximate surface area is 127 Å². The molecule has 1 aromatic carbocycles. The van der Waals surface area contributed by atoms with E-state index in [0.717, 1.165) is 22.9 Å². The average molecular weight is 307 g/mol. The fourth-order valence-electron chi connectivity index (χ4n) is 2.33. The van der Waals surface area contributed by atoms with Gasteiger partial charge in [0.05, 0.1) is 11.9 Å². The number of halogens is 1. The minimum absolute atomic E-state index is 0.194. The second kappa shape index (κ2) is 6.04. The van der Waals surface area contributed by atoms with Crippen molar-refractivity contribution in [3.05, 3.63) is 52.8 Å². The summed E-state index contributed by atoms with van der Waals surface area (Å²) in [4.78, 5) is 5.50. The zero-order chi connectivity index (χ0) is 13.9. The van der Waals surface area contributed by atoms with Gasteiger partial charge in [-0.3, -0.25) is 4.98 Å². The highest BCUT2D eigenvalue weighted by atomic mass is 35.5. The number of thioether (sulfide) groups is 1. The molecule has 0 saturated heterocycles. The number of fused-ring (bicyclic) bond motifs is 1. The topological polar surface area (TPSA) is 45.1 Å². The van der Waals surface area contributed by atoms with Gasteiger partial charge in [0, 0.05) is 22.5 Å². The maximum absolute atomic E-state index is 9.23. The van der Waals surface area contributed by atoms with Gasteiger partial charge in [-0.1, -0.05) is 11.6 Å². The van der Waals surface area contributed by atoms with Crippen LogP contribution in [0, 0.1) is 0 Å². The van der Waals surface area contributed by atoms with Gasteiger partial charge >= 0.3 is 0 Å². The Hall–Kier alpha value is -1.23. The summed E-state index contributed by atoms with van der Waals surface area (Å²) in [5.41, 5.74) is 2.19. The molecule has 1 atom stereocenters. The van der Waals surface area contributed by atoms with Crippen molar-refractivity contribution in [1.82, 2.24) is 10.3 Å². The Balaban J connectivity index is 1.73. The first-order chi connectivity index (χ1) is 9.72. The van der Waals surface area contributed by atoms with Gasteiger partial charge in [-0.05, 0) is 48.1 Å². The summed E-state index contributed by atoms with van der Waals surface area (Å²) in [6, 6.07) is 9.88. The number of hydrogen-bond donors (Lipinski definition) is 2. The van der Waals surface area contributed by atoms with Crippen molar-refractivity contribution >= 4 is 23.4 Å². The van der Waals surface area contributed by atoms with Gasteiger partial charge in [-0.25, -0.2) is 0 Å². The minimum Gasteiger partial charge on any atom is -0.506 e. The van der Waals surface area contributed by atoms with Crippen molar-refractivity contribution in [2.45, 2.75) is 23.9 Å². The molecule has 0 fully saturated rings. The molecule has 3 rings (SSSR count).